The highest BCUT2D eigenvalue weighted by atomic mass is 32.1. The minimum Gasteiger partial charge on any atom is -0.397 e. The molecule has 0 radical (unpaired) electrons. The van der Waals surface area contributed by atoms with Crippen LogP contribution in [0.5, 0.6) is 0 Å². The number of nitrogens with zero attached hydrogens (tertiary/aromatic N) is 3. The van der Waals surface area contributed by atoms with Gasteiger partial charge in [-0.05, 0) is 48.5 Å². The molecular formula is C26H22F3N7OS. The van der Waals surface area contributed by atoms with E-state index in [1.54, 1.807) is 79.1 Å². The third-order valence-corrected chi connectivity index (χ3v) is 6.54. The summed E-state index contributed by atoms with van der Waals surface area (Å²) in [5.74, 6) is -0.279. The molecule has 0 bridgehead atoms. The average molecular weight is 538 g/mol. The number of para-hydroxylation sites is 2. The average Bonchev–Trinajstić information content (AvgIpc) is 3.52. The molecule has 0 unspecified atom stereocenters. The highest BCUT2D eigenvalue weighted by Gasteiger charge is 2.26. The molecule has 0 fully saturated rings. The predicted octanol–water partition coefficient (Wildman–Crippen LogP) is 5.69. The topological polar surface area (TPSA) is 109 Å². The number of fused-ring (bicyclic) bond motifs is 1. The second kappa shape index (κ2) is 10.5. The molecule has 0 saturated carbocycles. The van der Waals surface area contributed by atoms with E-state index in [0.717, 1.165) is 16.3 Å². The first-order valence-corrected chi connectivity index (χ1v) is 12.3. The first kappa shape index (κ1) is 25.2. The number of anilines is 4. The quantitative estimate of drug-likeness (QED) is 0.190. The van der Waals surface area contributed by atoms with E-state index in [9.17, 15) is 18.0 Å². The van der Waals surface area contributed by atoms with Crippen molar-refractivity contribution in [3.63, 3.8) is 0 Å². The lowest BCUT2D eigenvalue weighted by Gasteiger charge is -2.11. The zero-order valence-corrected chi connectivity index (χ0v) is 20.6. The van der Waals surface area contributed by atoms with E-state index < -0.39 is 12.7 Å². The van der Waals surface area contributed by atoms with Crippen LogP contribution in [-0.2, 0) is 6.54 Å². The zero-order chi connectivity index (χ0) is 26.7. The normalized spacial score (nSPS) is 11.6. The molecule has 5 rings (SSSR count). The molecule has 3 aromatic heterocycles. The summed E-state index contributed by atoms with van der Waals surface area (Å²) in [6.07, 6.45) is -0.933. The lowest BCUT2D eigenvalue weighted by Crippen LogP contribution is -2.28. The molecule has 0 atom stereocenters. The van der Waals surface area contributed by atoms with Crippen molar-refractivity contribution in [1.82, 2.24) is 19.7 Å². The molecule has 0 aliphatic carbocycles. The van der Waals surface area contributed by atoms with Gasteiger partial charge in [-0.25, -0.2) is 9.97 Å². The van der Waals surface area contributed by atoms with Gasteiger partial charge in [-0.1, -0.05) is 29.5 Å². The maximum atomic E-state index is 12.6. The molecule has 3 heterocycles. The van der Waals surface area contributed by atoms with Crippen LogP contribution in [0.25, 0.3) is 16.2 Å². The second-order valence-electron chi connectivity index (χ2n) is 8.35. The largest absolute Gasteiger partial charge is 0.401 e. The fourth-order valence-corrected chi connectivity index (χ4v) is 4.67. The Balaban J connectivity index is 1.29. The first-order valence-electron chi connectivity index (χ1n) is 11.5. The molecule has 2 aromatic carbocycles. The monoisotopic (exact) mass is 537 g/mol. The third-order valence-electron chi connectivity index (χ3n) is 5.61. The summed E-state index contributed by atoms with van der Waals surface area (Å²) in [5.41, 5.74) is 10.1. The fourth-order valence-electron chi connectivity index (χ4n) is 3.83. The van der Waals surface area contributed by atoms with Crippen LogP contribution in [0.15, 0.2) is 79.1 Å². The van der Waals surface area contributed by atoms with E-state index >= 15 is 0 Å². The van der Waals surface area contributed by atoms with Gasteiger partial charge < -0.3 is 21.7 Å². The number of nitrogen functional groups attached to an aromatic ring is 1. The number of carbonyl (C=O) groups is 1. The number of nitrogens with one attached hydrogen (secondary N) is 3. The Morgan fingerprint density at radius 3 is 2.53 bits per heavy atom. The number of rotatable bonds is 8. The van der Waals surface area contributed by atoms with Gasteiger partial charge >= 0.3 is 6.18 Å². The Labute approximate surface area is 219 Å². The number of carbonyl (C=O) groups excluding carboxylic acids is 1. The van der Waals surface area contributed by atoms with Crippen LogP contribution in [0.3, 0.4) is 0 Å². The second-order valence-corrected chi connectivity index (χ2v) is 9.38. The first-order chi connectivity index (χ1) is 18.3. The van der Waals surface area contributed by atoms with Crippen molar-refractivity contribution >= 4 is 45.1 Å². The molecule has 0 aliphatic heterocycles. The number of nitrogens with two attached hydrogens (primary N) is 1. The number of aromatic nitrogens is 3. The molecule has 8 nitrogen and oxygen atoms in total. The van der Waals surface area contributed by atoms with Crippen LogP contribution < -0.4 is 21.7 Å². The van der Waals surface area contributed by atoms with E-state index in [2.05, 4.69) is 25.9 Å². The van der Waals surface area contributed by atoms with Crippen molar-refractivity contribution < 1.29 is 18.0 Å². The minimum atomic E-state index is -4.29. The van der Waals surface area contributed by atoms with Gasteiger partial charge in [0.2, 0.25) is 0 Å². The van der Waals surface area contributed by atoms with Gasteiger partial charge in [0.15, 0.2) is 5.13 Å². The van der Waals surface area contributed by atoms with E-state index in [1.165, 1.54) is 11.3 Å². The van der Waals surface area contributed by atoms with Crippen LogP contribution in [-0.4, -0.2) is 33.0 Å². The molecule has 12 heteroatoms. The number of pyridine rings is 1. The van der Waals surface area contributed by atoms with Crippen LogP contribution in [0.4, 0.5) is 35.4 Å². The lowest BCUT2D eigenvalue weighted by atomic mass is 10.2. The smallest absolute Gasteiger partial charge is 0.397 e. The summed E-state index contributed by atoms with van der Waals surface area (Å²) in [7, 11) is 0. The third kappa shape index (κ3) is 5.76. The lowest BCUT2D eigenvalue weighted by molar-refractivity contribution is -0.125. The zero-order valence-electron chi connectivity index (χ0n) is 19.8. The van der Waals surface area contributed by atoms with Crippen LogP contribution in [0.2, 0.25) is 0 Å². The SMILES string of the molecule is Nc1ccccc1NC(=O)c1ccc(Nc2ncc(-c3cnc4cccc(CNCC(F)(F)F)n34)s2)cc1. The van der Waals surface area contributed by atoms with Crippen LogP contribution >= 0.6 is 11.3 Å². The van der Waals surface area contributed by atoms with Crippen molar-refractivity contribution in [2.24, 2.45) is 0 Å². The molecule has 5 aromatic rings. The van der Waals surface area contributed by atoms with Crippen LogP contribution in [0, 0.1) is 0 Å². The van der Waals surface area contributed by atoms with Gasteiger partial charge in [0.05, 0.1) is 34.7 Å². The predicted molar refractivity (Wildman–Crippen MR) is 143 cm³/mol. The summed E-state index contributed by atoms with van der Waals surface area (Å²) < 4.78 is 39.6. The van der Waals surface area contributed by atoms with Gasteiger partial charge in [0, 0.05) is 29.7 Å². The number of halogens is 3. The molecule has 5 N–H and O–H groups in total. The van der Waals surface area contributed by atoms with E-state index in [4.69, 9.17) is 5.73 Å². The van der Waals surface area contributed by atoms with E-state index in [-0.39, 0.29) is 12.5 Å². The van der Waals surface area contributed by atoms with Crippen molar-refractivity contribution in [3.05, 3.63) is 90.4 Å². The van der Waals surface area contributed by atoms with Gasteiger partial charge in [-0.2, -0.15) is 13.2 Å². The summed E-state index contributed by atoms with van der Waals surface area (Å²) in [5, 5.41) is 9.05. The molecular weight excluding hydrogens is 515 g/mol. The fraction of sp³-hybridized carbons (Fsp3) is 0.115. The van der Waals surface area contributed by atoms with E-state index in [1.807, 2.05) is 4.40 Å². The summed E-state index contributed by atoms with van der Waals surface area (Å²) >= 11 is 1.37. The van der Waals surface area contributed by atoms with Gasteiger partial charge in [0.1, 0.15) is 5.65 Å². The van der Waals surface area contributed by atoms with Crippen molar-refractivity contribution in [1.29, 1.82) is 0 Å². The maximum absolute atomic E-state index is 12.6. The molecule has 0 spiro atoms. The number of thiazole rings is 1. The van der Waals surface area contributed by atoms with Crippen molar-refractivity contribution in [3.8, 4) is 10.6 Å². The Morgan fingerprint density at radius 1 is 0.974 bits per heavy atom. The molecule has 194 valence electrons. The summed E-state index contributed by atoms with van der Waals surface area (Å²) in [4.78, 5) is 22.2. The van der Waals surface area contributed by atoms with Crippen molar-refractivity contribution in [2.75, 3.05) is 22.9 Å². The number of benzene rings is 2. The van der Waals surface area contributed by atoms with Gasteiger partial charge in [0.25, 0.3) is 5.91 Å². The Kier molecular flexibility index (Phi) is 6.99. The standard InChI is InChI=1S/C26H22F3N7OS/c27-26(28,29)15-31-12-18-4-3-7-23-32-13-21(36(18)23)22-14-33-25(38-22)34-17-10-8-16(9-11-17)24(37)35-20-6-2-1-5-19(20)30/h1-11,13-14,31H,12,15,30H2,(H,33,34)(H,35,37). The van der Waals surface area contributed by atoms with Crippen LogP contribution in [0.1, 0.15) is 16.1 Å². The van der Waals surface area contributed by atoms with E-state index in [0.29, 0.717) is 33.4 Å². The minimum absolute atomic E-state index is 0.0287. The number of amides is 1. The molecule has 38 heavy (non-hydrogen) atoms. The number of hydrogen-bond donors (Lipinski definition) is 4. The number of hydrogen-bond acceptors (Lipinski definition) is 7. The molecule has 0 saturated heterocycles. The van der Waals surface area contributed by atoms with Crippen molar-refractivity contribution in [2.45, 2.75) is 12.7 Å². The number of alkyl halides is 3. The number of imidazole rings is 1. The summed E-state index contributed by atoms with van der Waals surface area (Å²) in [6.45, 7) is -1.05. The molecule has 0 aliphatic rings. The molecule has 1 amide bonds. The van der Waals surface area contributed by atoms with Gasteiger partial charge in [-0.3, -0.25) is 9.20 Å². The highest BCUT2D eigenvalue weighted by Crippen LogP contribution is 2.32. The Hall–Kier alpha value is -4.42. The Bertz CT molecular complexity index is 1580. The maximum Gasteiger partial charge on any atom is 0.401 e. The Morgan fingerprint density at radius 2 is 1.76 bits per heavy atom. The highest BCUT2D eigenvalue weighted by molar-refractivity contribution is 7.18. The van der Waals surface area contributed by atoms with Gasteiger partial charge in [-0.15, -0.1) is 0 Å². The summed E-state index contributed by atoms with van der Waals surface area (Å²) in [6, 6.07) is 19.2.